The average Bonchev–Trinajstić information content (AvgIpc) is 2.86. The first-order valence-electron chi connectivity index (χ1n) is 8.34. The van der Waals surface area contributed by atoms with Gasteiger partial charge in [-0.05, 0) is 37.8 Å². The third-order valence-corrected chi connectivity index (χ3v) is 6.36. The summed E-state index contributed by atoms with van der Waals surface area (Å²) in [6.45, 7) is 0. The van der Waals surface area contributed by atoms with Gasteiger partial charge in [0.25, 0.3) is 5.91 Å². The topological polar surface area (TPSA) is 84.9 Å². The van der Waals surface area contributed by atoms with Crippen molar-refractivity contribution in [1.82, 2.24) is 9.62 Å². The van der Waals surface area contributed by atoms with Gasteiger partial charge in [0.2, 0.25) is 10.0 Å². The number of hydrogen-bond acceptors (Lipinski definition) is 5. The highest BCUT2D eigenvalue weighted by molar-refractivity contribution is 7.88. The Bertz CT molecular complexity index is 728. The number of benzene rings is 1. The number of carbonyl (C=O) groups is 1. The Kier molecular flexibility index (Phi) is 4.92. The number of fused-ring (bicyclic) bond motifs is 2. The number of sulfonamides is 1. The monoisotopic (exact) mass is 368 g/mol. The van der Waals surface area contributed by atoms with Gasteiger partial charge >= 0.3 is 0 Å². The van der Waals surface area contributed by atoms with Crippen LogP contribution < -0.4 is 14.8 Å². The molecule has 2 heterocycles. The maximum atomic E-state index is 12.6. The number of carbonyl (C=O) groups excluding carboxylic acids is 1. The number of piperidine rings is 1. The normalized spacial score (nSPS) is 26.3. The predicted octanol–water partition coefficient (Wildman–Crippen LogP) is 1.39. The summed E-state index contributed by atoms with van der Waals surface area (Å²) in [4.78, 5) is 12.6. The summed E-state index contributed by atoms with van der Waals surface area (Å²) in [6, 6.07) is 4.98. The molecular formula is C17H24N2O5S. The van der Waals surface area contributed by atoms with Crippen LogP contribution in [0.3, 0.4) is 0 Å². The molecule has 2 aliphatic heterocycles. The maximum Gasteiger partial charge on any atom is 0.251 e. The number of hydrogen-bond donors (Lipinski definition) is 1. The molecular weight excluding hydrogens is 344 g/mol. The van der Waals surface area contributed by atoms with E-state index in [1.54, 1.807) is 22.5 Å². The van der Waals surface area contributed by atoms with Crippen molar-refractivity contribution < 1.29 is 22.7 Å². The van der Waals surface area contributed by atoms with Crippen LogP contribution in [-0.2, 0) is 10.0 Å². The van der Waals surface area contributed by atoms with Crippen molar-refractivity contribution in [1.29, 1.82) is 0 Å². The lowest BCUT2D eigenvalue weighted by atomic mass is 9.99. The minimum Gasteiger partial charge on any atom is -0.497 e. The van der Waals surface area contributed by atoms with Gasteiger partial charge in [-0.25, -0.2) is 8.42 Å². The Morgan fingerprint density at radius 3 is 2.04 bits per heavy atom. The lowest BCUT2D eigenvalue weighted by molar-refractivity contribution is 0.0909. The number of nitrogens with zero attached hydrogens (tertiary/aromatic N) is 1. The Morgan fingerprint density at radius 1 is 1.08 bits per heavy atom. The van der Waals surface area contributed by atoms with Crippen molar-refractivity contribution in [2.75, 3.05) is 20.5 Å². The number of ether oxygens (including phenoxy) is 2. The molecule has 7 nitrogen and oxygen atoms in total. The van der Waals surface area contributed by atoms with E-state index in [2.05, 4.69) is 5.32 Å². The fourth-order valence-electron chi connectivity index (χ4n) is 4.00. The lowest BCUT2D eigenvalue weighted by Crippen LogP contribution is -2.52. The second-order valence-electron chi connectivity index (χ2n) is 6.72. The highest BCUT2D eigenvalue weighted by atomic mass is 32.2. The van der Waals surface area contributed by atoms with E-state index in [1.165, 1.54) is 20.5 Å². The van der Waals surface area contributed by atoms with E-state index >= 15 is 0 Å². The van der Waals surface area contributed by atoms with Gasteiger partial charge in [0.1, 0.15) is 11.5 Å². The van der Waals surface area contributed by atoms with Crippen molar-refractivity contribution in [3.8, 4) is 11.5 Å². The molecule has 8 heteroatoms. The van der Waals surface area contributed by atoms with E-state index in [9.17, 15) is 13.2 Å². The SMILES string of the molecule is COc1cc(OC)cc(C(=O)NC2CC3CCC(C2)N3S(C)(=O)=O)c1. The molecule has 0 radical (unpaired) electrons. The van der Waals surface area contributed by atoms with E-state index in [1.807, 2.05) is 0 Å². The lowest BCUT2D eigenvalue weighted by Gasteiger charge is -2.37. The summed E-state index contributed by atoms with van der Waals surface area (Å²) >= 11 is 0. The fourth-order valence-corrected chi connectivity index (χ4v) is 5.47. The summed E-state index contributed by atoms with van der Waals surface area (Å²) in [6.07, 6.45) is 4.28. The van der Waals surface area contributed by atoms with E-state index < -0.39 is 10.0 Å². The van der Waals surface area contributed by atoms with E-state index in [0.29, 0.717) is 29.9 Å². The molecule has 2 bridgehead atoms. The molecule has 0 spiro atoms. The van der Waals surface area contributed by atoms with Crippen LogP contribution in [-0.4, -0.2) is 57.2 Å². The summed E-state index contributed by atoms with van der Waals surface area (Å²) in [7, 11) is -0.123. The second-order valence-corrected chi connectivity index (χ2v) is 8.61. The number of methoxy groups -OCH3 is 2. The van der Waals surface area contributed by atoms with Gasteiger partial charge in [0.05, 0.1) is 20.5 Å². The van der Waals surface area contributed by atoms with Crippen LogP contribution in [0.1, 0.15) is 36.0 Å². The van der Waals surface area contributed by atoms with E-state index in [-0.39, 0.29) is 24.0 Å². The molecule has 2 unspecified atom stereocenters. The van der Waals surface area contributed by atoms with Gasteiger partial charge in [-0.3, -0.25) is 4.79 Å². The minimum atomic E-state index is -3.20. The maximum absolute atomic E-state index is 12.6. The van der Waals surface area contributed by atoms with Crippen LogP contribution in [0.4, 0.5) is 0 Å². The van der Waals surface area contributed by atoms with Crippen molar-refractivity contribution in [3.63, 3.8) is 0 Å². The molecule has 0 aromatic heterocycles. The molecule has 0 saturated carbocycles. The first kappa shape index (κ1) is 18.0. The Labute approximate surface area is 148 Å². The molecule has 138 valence electrons. The number of rotatable bonds is 5. The van der Waals surface area contributed by atoms with Crippen molar-refractivity contribution in [3.05, 3.63) is 23.8 Å². The molecule has 1 aromatic rings. The second kappa shape index (κ2) is 6.84. The first-order valence-corrected chi connectivity index (χ1v) is 10.2. The highest BCUT2D eigenvalue weighted by Gasteiger charge is 2.45. The fraction of sp³-hybridized carbons (Fsp3) is 0.588. The summed E-state index contributed by atoms with van der Waals surface area (Å²) in [5.74, 6) is 0.905. The van der Waals surface area contributed by atoms with Gasteiger partial charge in [0, 0.05) is 29.8 Å². The average molecular weight is 368 g/mol. The third-order valence-electron chi connectivity index (χ3n) is 5.00. The largest absolute Gasteiger partial charge is 0.497 e. The van der Waals surface area contributed by atoms with Gasteiger partial charge in [-0.2, -0.15) is 4.31 Å². The van der Waals surface area contributed by atoms with Crippen LogP contribution in [0, 0.1) is 0 Å². The molecule has 1 N–H and O–H groups in total. The Hall–Kier alpha value is -1.80. The molecule has 1 amide bonds. The van der Waals surface area contributed by atoms with Crippen molar-refractivity contribution in [2.24, 2.45) is 0 Å². The van der Waals surface area contributed by atoms with Crippen molar-refractivity contribution >= 4 is 15.9 Å². The van der Waals surface area contributed by atoms with Crippen LogP contribution in [0.15, 0.2) is 18.2 Å². The number of nitrogens with one attached hydrogen (secondary N) is 1. The van der Waals surface area contributed by atoms with Crippen LogP contribution >= 0.6 is 0 Å². The molecule has 2 saturated heterocycles. The van der Waals surface area contributed by atoms with Crippen LogP contribution in [0.2, 0.25) is 0 Å². The molecule has 1 aromatic carbocycles. The van der Waals surface area contributed by atoms with E-state index in [0.717, 1.165) is 12.8 Å². The summed E-state index contributed by atoms with van der Waals surface area (Å²) < 4.78 is 35.9. The standard InChI is InChI=1S/C17H24N2O5S/c1-23-15-6-11(7-16(10-15)24-2)17(20)18-12-8-13-4-5-14(9-12)19(13)25(3,21)22/h6-7,10,12-14H,4-5,8-9H2,1-3H3,(H,18,20). The summed E-state index contributed by atoms with van der Waals surface area (Å²) in [5, 5.41) is 3.04. The zero-order chi connectivity index (χ0) is 18.2. The zero-order valence-electron chi connectivity index (χ0n) is 14.7. The van der Waals surface area contributed by atoms with Crippen molar-refractivity contribution in [2.45, 2.75) is 43.8 Å². The third kappa shape index (κ3) is 3.74. The highest BCUT2D eigenvalue weighted by Crippen LogP contribution is 2.37. The van der Waals surface area contributed by atoms with Crippen LogP contribution in [0.25, 0.3) is 0 Å². The van der Waals surface area contributed by atoms with Gasteiger partial charge < -0.3 is 14.8 Å². The van der Waals surface area contributed by atoms with Gasteiger partial charge in [0.15, 0.2) is 0 Å². The molecule has 2 atom stereocenters. The molecule has 3 rings (SSSR count). The molecule has 25 heavy (non-hydrogen) atoms. The van der Waals surface area contributed by atoms with E-state index in [4.69, 9.17) is 9.47 Å². The molecule has 2 aliphatic rings. The molecule has 2 fully saturated rings. The Balaban J connectivity index is 1.71. The van der Waals surface area contributed by atoms with Crippen LogP contribution in [0.5, 0.6) is 11.5 Å². The molecule has 0 aliphatic carbocycles. The minimum absolute atomic E-state index is 0.0149. The first-order chi connectivity index (χ1) is 11.8. The summed E-state index contributed by atoms with van der Waals surface area (Å²) in [5.41, 5.74) is 0.467. The van der Waals surface area contributed by atoms with Gasteiger partial charge in [-0.15, -0.1) is 0 Å². The predicted molar refractivity (Wildman–Crippen MR) is 93.5 cm³/mol. The zero-order valence-corrected chi connectivity index (χ0v) is 15.5. The quantitative estimate of drug-likeness (QED) is 0.849. The number of amides is 1. The smallest absolute Gasteiger partial charge is 0.251 e. The Morgan fingerprint density at radius 2 is 1.60 bits per heavy atom. The van der Waals surface area contributed by atoms with Gasteiger partial charge in [-0.1, -0.05) is 0 Å².